The van der Waals surface area contributed by atoms with E-state index in [1.54, 1.807) is 0 Å². The lowest BCUT2D eigenvalue weighted by molar-refractivity contribution is -0.128. The molecule has 0 aromatic rings. The van der Waals surface area contributed by atoms with Crippen LogP contribution in [0.3, 0.4) is 0 Å². The molecule has 0 amide bonds. The summed E-state index contributed by atoms with van der Waals surface area (Å²) in [6.45, 7) is 1.56. The number of hydrogen-bond acceptors (Lipinski definition) is 2. The minimum absolute atomic E-state index is 0.0205. The van der Waals surface area contributed by atoms with Crippen LogP contribution in [-0.4, -0.2) is 13.1 Å². The van der Waals surface area contributed by atoms with Gasteiger partial charge in [-0.15, -0.1) is 0 Å². The zero-order chi connectivity index (χ0) is 7.98. The fourth-order valence-corrected chi connectivity index (χ4v) is 0.355. The Morgan fingerprint density at radius 3 is 2.60 bits per heavy atom. The summed E-state index contributed by atoms with van der Waals surface area (Å²) in [5, 5.41) is 0. The van der Waals surface area contributed by atoms with Gasteiger partial charge in [0.1, 0.15) is 0 Å². The molecule has 0 aromatic carbocycles. The largest absolute Gasteiger partial charge is 0.468 e. The van der Waals surface area contributed by atoms with Crippen LogP contribution in [-0.2, 0) is 9.53 Å². The second kappa shape index (κ2) is 4.90. The summed E-state index contributed by atoms with van der Waals surface area (Å²) in [6, 6.07) is 0. The van der Waals surface area contributed by atoms with Crippen molar-refractivity contribution in [2.75, 3.05) is 6.61 Å². The minimum Gasteiger partial charge on any atom is -0.468 e. The predicted molar refractivity (Wildman–Crippen MR) is 31.5 cm³/mol. The Kier molecular flexibility index (Phi) is 4.45. The molecular formula is C6H8F2O2. The Balaban J connectivity index is 3.49. The fourth-order valence-electron chi connectivity index (χ4n) is 0.355. The van der Waals surface area contributed by atoms with Crippen LogP contribution < -0.4 is 0 Å². The number of rotatable bonds is 4. The summed E-state index contributed by atoms with van der Waals surface area (Å²) in [6.07, 6.45) is -1.60. The van der Waals surface area contributed by atoms with Gasteiger partial charge in [-0.05, 0) is 12.5 Å². The van der Waals surface area contributed by atoms with Crippen LogP contribution in [0.1, 0.15) is 13.3 Å². The third-order valence-electron chi connectivity index (χ3n) is 0.986. The number of carbonyl (C=O) groups is 1. The third-order valence-corrected chi connectivity index (χ3v) is 0.986. The molecule has 0 aliphatic heterocycles. The first-order valence-electron chi connectivity index (χ1n) is 2.74. The van der Waals surface area contributed by atoms with Gasteiger partial charge in [-0.25, -0.2) is 0 Å². The van der Waals surface area contributed by atoms with Crippen molar-refractivity contribution in [3.63, 3.8) is 0 Å². The van der Waals surface area contributed by atoms with Crippen molar-refractivity contribution >= 4 is 6.47 Å². The lowest BCUT2D eigenvalue weighted by Gasteiger charge is -1.96. The summed E-state index contributed by atoms with van der Waals surface area (Å²) in [5.74, 6) is 0. The Bertz CT molecular complexity index is 139. The second-order valence-corrected chi connectivity index (χ2v) is 1.76. The zero-order valence-corrected chi connectivity index (χ0v) is 5.56. The molecule has 0 atom stereocenters. The van der Waals surface area contributed by atoms with Crippen molar-refractivity contribution in [3.8, 4) is 0 Å². The molecular weight excluding hydrogens is 142 g/mol. The van der Waals surface area contributed by atoms with Gasteiger partial charge in [-0.2, -0.15) is 8.78 Å². The van der Waals surface area contributed by atoms with E-state index in [1.807, 2.05) is 0 Å². The maximum atomic E-state index is 11.6. The number of hydrogen-bond donors (Lipinski definition) is 0. The van der Waals surface area contributed by atoms with E-state index in [0.29, 0.717) is 0 Å². The molecule has 0 N–H and O–H groups in total. The Labute approximate surface area is 57.5 Å². The highest BCUT2D eigenvalue weighted by Gasteiger charge is 1.98. The number of halogens is 2. The van der Waals surface area contributed by atoms with Gasteiger partial charge in [0.2, 0.25) is 0 Å². The first kappa shape index (κ1) is 9.07. The van der Waals surface area contributed by atoms with E-state index < -0.39 is 6.08 Å². The maximum Gasteiger partial charge on any atom is 0.293 e. The van der Waals surface area contributed by atoms with Crippen LogP contribution in [0.5, 0.6) is 0 Å². The normalized spacial score (nSPS) is 8.70. The van der Waals surface area contributed by atoms with E-state index in [4.69, 9.17) is 0 Å². The molecule has 2 nitrogen and oxygen atoms in total. The molecule has 0 spiro atoms. The van der Waals surface area contributed by atoms with Crippen LogP contribution in [0.4, 0.5) is 8.78 Å². The standard InChI is InChI=1S/C6H8F2O2/c1-5(6(7)8)2-3-10-4-9/h4H,2-3H2,1H3. The highest BCUT2D eigenvalue weighted by molar-refractivity contribution is 5.36. The molecule has 0 saturated heterocycles. The molecule has 0 aromatic heterocycles. The van der Waals surface area contributed by atoms with E-state index in [1.165, 1.54) is 6.92 Å². The molecule has 0 heterocycles. The highest BCUT2D eigenvalue weighted by atomic mass is 19.3. The van der Waals surface area contributed by atoms with Crippen LogP contribution in [0.25, 0.3) is 0 Å². The zero-order valence-electron chi connectivity index (χ0n) is 5.56. The van der Waals surface area contributed by atoms with Gasteiger partial charge in [0.05, 0.1) is 6.61 Å². The summed E-state index contributed by atoms with van der Waals surface area (Å²) < 4.78 is 27.4. The van der Waals surface area contributed by atoms with Gasteiger partial charge in [0.15, 0.2) is 0 Å². The molecule has 0 unspecified atom stereocenters. The number of ether oxygens (including phenoxy) is 1. The quantitative estimate of drug-likeness (QED) is 0.450. The van der Waals surface area contributed by atoms with Crippen molar-refractivity contribution in [3.05, 3.63) is 11.7 Å². The van der Waals surface area contributed by atoms with Crippen LogP contribution in [0.15, 0.2) is 11.7 Å². The SMILES string of the molecule is CC(CCOC=O)=C(F)F. The topological polar surface area (TPSA) is 26.3 Å². The van der Waals surface area contributed by atoms with Crippen molar-refractivity contribution in [1.82, 2.24) is 0 Å². The maximum absolute atomic E-state index is 11.6. The molecule has 0 fully saturated rings. The molecule has 0 aliphatic rings. The van der Waals surface area contributed by atoms with Crippen LogP contribution >= 0.6 is 0 Å². The molecule has 0 rings (SSSR count). The van der Waals surface area contributed by atoms with Gasteiger partial charge >= 0.3 is 0 Å². The highest BCUT2D eigenvalue weighted by Crippen LogP contribution is 2.09. The molecule has 4 heteroatoms. The predicted octanol–water partition coefficient (Wildman–Crippen LogP) is 1.72. The third kappa shape index (κ3) is 4.00. The van der Waals surface area contributed by atoms with E-state index in [2.05, 4.69) is 4.74 Å². The first-order valence-corrected chi connectivity index (χ1v) is 2.74. The molecule has 0 aliphatic carbocycles. The average molecular weight is 150 g/mol. The van der Waals surface area contributed by atoms with Crippen LogP contribution in [0, 0.1) is 0 Å². The summed E-state index contributed by atoms with van der Waals surface area (Å²) in [4.78, 5) is 9.53. The van der Waals surface area contributed by atoms with Gasteiger partial charge in [-0.1, -0.05) is 0 Å². The van der Waals surface area contributed by atoms with Crippen LogP contribution in [0.2, 0.25) is 0 Å². The smallest absolute Gasteiger partial charge is 0.293 e. The Morgan fingerprint density at radius 2 is 2.20 bits per heavy atom. The monoisotopic (exact) mass is 150 g/mol. The fraction of sp³-hybridized carbons (Fsp3) is 0.500. The summed E-state index contributed by atoms with van der Waals surface area (Å²) in [5.41, 5.74) is -0.0400. The molecule has 0 saturated carbocycles. The van der Waals surface area contributed by atoms with Gasteiger partial charge < -0.3 is 4.74 Å². The van der Waals surface area contributed by atoms with E-state index in [0.717, 1.165) is 0 Å². The van der Waals surface area contributed by atoms with Crippen molar-refractivity contribution < 1.29 is 18.3 Å². The lowest BCUT2D eigenvalue weighted by atomic mass is 10.2. The number of carbonyl (C=O) groups excluding carboxylic acids is 1. The Morgan fingerprint density at radius 1 is 1.60 bits per heavy atom. The summed E-state index contributed by atoms with van der Waals surface area (Å²) in [7, 11) is 0. The van der Waals surface area contributed by atoms with Crippen molar-refractivity contribution in [2.45, 2.75) is 13.3 Å². The molecule has 0 bridgehead atoms. The Hall–Kier alpha value is -0.930. The van der Waals surface area contributed by atoms with Gasteiger partial charge in [-0.3, -0.25) is 4.79 Å². The van der Waals surface area contributed by atoms with E-state index in [-0.39, 0.29) is 25.1 Å². The second-order valence-electron chi connectivity index (χ2n) is 1.76. The minimum atomic E-state index is -1.70. The molecule has 58 valence electrons. The summed E-state index contributed by atoms with van der Waals surface area (Å²) >= 11 is 0. The molecule has 10 heavy (non-hydrogen) atoms. The van der Waals surface area contributed by atoms with E-state index >= 15 is 0 Å². The lowest BCUT2D eigenvalue weighted by Crippen LogP contribution is -1.92. The van der Waals surface area contributed by atoms with Gasteiger partial charge in [0.25, 0.3) is 12.6 Å². The van der Waals surface area contributed by atoms with Gasteiger partial charge in [0, 0.05) is 6.42 Å². The van der Waals surface area contributed by atoms with E-state index in [9.17, 15) is 13.6 Å². The first-order chi connectivity index (χ1) is 4.68. The average Bonchev–Trinajstić information content (AvgIpc) is 1.88. The molecule has 0 radical (unpaired) electrons. The van der Waals surface area contributed by atoms with Crippen molar-refractivity contribution in [2.24, 2.45) is 0 Å². The van der Waals surface area contributed by atoms with Crippen molar-refractivity contribution in [1.29, 1.82) is 0 Å².